The van der Waals surface area contributed by atoms with Crippen LogP contribution in [-0.4, -0.2) is 31.3 Å². The molecule has 0 saturated carbocycles. The highest BCUT2D eigenvalue weighted by Gasteiger charge is 2.12. The van der Waals surface area contributed by atoms with Crippen LogP contribution in [0, 0.1) is 0 Å². The van der Waals surface area contributed by atoms with Gasteiger partial charge in [0.25, 0.3) is 0 Å². The number of rotatable bonds is 5. The summed E-state index contributed by atoms with van der Waals surface area (Å²) in [6, 6.07) is 13.1. The van der Waals surface area contributed by atoms with E-state index in [9.17, 15) is 0 Å². The fourth-order valence-electron chi connectivity index (χ4n) is 2.50. The Kier molecular flexibility index (Phi) is 4.70. The maximum absolute atomic E-state index is 6.04. The first-order chi connectivity index (χ1) is 12.2. The van der Waals surface area contributed by atoms with Gasteiger partial charge >= 0.3 is 0 Å². The summed E-state index contributed by atoms with van der Waals surface area (Å²) in [5.41, 5.74) is 9.09. The third kappa shape index (κ3) is 3.33. The van der Waals surface area contributed by atoms with E-state index in [-0.39, 0.29) is 0 Å². The van der Waals surface area contributed by atoms with Crippen molar-refractivity contribution in [3.8, 4) is 39.8 Å². The Bertz CT molecular complexity index is 880. The van der Waals surface area contributed by atoms with Crippen LogP contribution in [0.25, 0.3) is 22.5 Å². The normalized spacial score (nSPS) is 10.4. The van der Waals surface area contributed by atoms with E-state index in [0.29, 0.717) is 23.0 Å². The molecular weight excluding hydrogens is 318 g/mol. The van der Waals surface area contributed by atoms with Gasteiger partial charge < -0.3 is 19.9 Å². The van der Waals surface area contributed by atoms with Crippen molar-refractivity contribution < 1.29 is 14.2 Å². The van der Waals surface area contributed by atoms with E-state index in [1.807, 2.05) is 42.5 Å². The number of ether oxygens (including phenoxy) is 3. The van der Waals surface area contributed by atoms with Crippen LogP contribution in [0.5, 0.6) is 17.2 Å². The van der Waals surface area contributed by atoms with Crippen LogP contribution in [0.3, 0.4) is 0 Å². The minimum atomic E-state index is 0.351. The van der Waals surface area contributed by atoms with Gasteiger partial charge in [0.15, 0.2) is 11.5 Å². The molecule has 1 heterocycles. The molecule has 2 N–H and O–H groups in total. The molecule has 0 aliphatic carbocycles. The zero-order valence-electron chi connectivity index (χ0n) is 14.3. The number of nitrogens with two attached hydrogens (primary N) is 1. The van der Waals surface area contributed by atoms with Crippen molar-refractivity contribution in [1.29, 1.82) is 0 Å². The molecule has 0 atom stereocenters. The summed E-state index contributed by atoms with van der Waals surface area (Å²) in [6.07, 6.45) is 1.65. The van der Waals surface area contributed by atoms with Crippen molar-refractivity contribution in [2.45, 2.75) is 0 Å². The number of benzene rings is 2. The highest BCUT2D eigenvalue weighted by atomic mass is 16.5. The fraction of sp³-hybridized carbons (Fsp3) is 0.158. The number of methoxy groups -OCH3 is 3. The Balaban J connectivity index is 2.04. The molecule has 1 aromatic heterocycles. The second-order valence-electron chi connectivity index (χ2n) is 5.29. The van der Waals surface area contributed by atoms with E-state index in [4.69, 9.17) is 19.9 Å². The Morgan fingerprint density at radius 3 is 2.12 bits per heavy atom. The molecule has 25 heavy (non-hydrogen) atoms. The molecular formula is C19H19N3O3. The molecule has 128 valence electrons. The number of aromatic nitrogens is 2. The highest BCUT2D eigenvalue weighted by Crippen LogP contribution is 2.34. The third-order valence-electron chi connectivity index (χ3n) is 3.84. The summed E-state index contributed by atoms with van der Waals surface area (Å²) in [6.45, 7) is 0. The summed E-state index contributed by atoms with van der Waals surface area (Å²) in [7, 11) is 4.81. The molecule has 3 aromatic rings. The monoisotopic (exact) mass is 337 g/mol. The van der Waals surface area contributed by atoms with Crippen molar-refractivity contribution >= 4 is 5.82 Å². The first-order valence-electron chi connectivity index (χ1n) is 7.65. The fourth-order valence-corrected chi connectivity index (χ4v) is 2.50. The number of anilines is 1. The van der Waals surface area contributed by atoms with Crippen molar-refractivity contribution in [2.75, 3.05) is 27.1 Å². The van der Waals surface area contributed by atoms with Gasteiger partial charge in [0.1, 0.15) is 17.3 Å². The van der Waals surface area contributed by atoms with Crippen LogP contribution < -0.4 is 19.9 Å². The average molecular weight is 337 g/mol. The standard InChI is InChI=1S/C19H19N3O3/c1-23-14-7-4-12(5-8-14)15-11-21-19(20)18(22-15)13-6-9-16(24-2)17(10-13)25-3/h4-11H,1-3H3,(H2,20,21). The van der Waals surface area contributed by atoms with Gasteiger partial charge in [-0.05, 0) is 42.5 Å². The molecule has 0 amide bonds. The van der Waals surface area contributed by atoms with Crippen molar-refractivity contribution in [3.63, 3.8) is 0 Å². The van der Waals surface area contributed by atoms with E-state index >= 15 is 0 Å². The van der Waals surface area contributed by atoms with Crippen LogP contribution in [-0.2, 0) is 0 Å². The summed E-state index contributed by atoms with van der Waals surface area (Å²) in [4.78, 5) is 8.96. The van der Waals surface area contributed by atoms with Crippen LogP contribution in [0.4, 0.5) is 5.82 Å². The molecule has 6 heteroatoms. The molecule has 0 aliphatic heterocycles. The van der Waals surface area contributed by atoms with E-state index in [1.54, 1.807) is 27.5 Å². The number of hydrogen-bond donors (Lipinski definition) is 1. The molecule has 0 fully saturated rings. The van der Waals surface area contributed by atoms with Crippen LogP contribution in [0.2, 0.25) is 0 Å². The summed E-state index contributed by atoms with van der Waals surface area (Å²) >= 11 is 0. The number of nitrogens with zero attached hydrogens (tertiary/aromatic N) is 2. The number of nitrogen functional groups attached to an aromatic ring is 1. The molecule has 0 bridgehead atoms. The Hall–Kier alpha value is -3.28. The SMILES string of the molecule is COc1ccc(-c2cnc(N)c(-c3ccc(OC)c(OC)c3)n2)cc1. The predicted octanol–water partition coefficient (Wildman–Crippen LogP) is 3.42. The Morgan fingerprint density at radius 1 is 0.800 bits per heavy atom. The summed E-state index contributed by atoms with van der Waals surface area (Å²) in [5, 5.41) is 0. The minimum Gasteiger partial charge on any atom is -0.497 e. The van der Waals surface area contributed by atoms with Crippen LogP contribution in [0.1, 0.15) is 0 Å². The lowest BCUT2D eigenvalue weighted by molar-refractivity contribution is 0.355. The Labute approximate surface area is 146 Å². The van der Waals surface area contributed by atoms with Crippen LogP contribution >= 0.6 is 0 Å². The molecule has 6 nitrogen and oxygen atoms in total. The zero-order valence-corrected chi connectivity index (χ0v) is 14.3. The molecule has 3 rings (SSSR count). The van der Waals surface area contributed by atoms with Gasteiger partial charge in [0, 0.05) is 11.1 Å². The third-order valence-corrected chi connectivity index (χ3v) is 3.84. The maximum Gasteiger partial charge on any atom is 0.161 e. The maximum atomic E-state index is 6.04. The van der Waals surface area contributed by atoms with Crippen LogP contribution in [0.15, 0.2) is 48.7 Å². The van der Waals surface area contributed by atoms with E-state index in [1.165, 1.54) is 0 Å². The minimum absolute atomic E-state index is 0.351. The molecule has 2 aromatic carbocycles. The van der Waals surface area contributed by atoms with Crippen molar-refractivity contribution in [3.05, 3.63) is 48.7 Å². The van der Waals surface area contributed by atoms with Gasteiger partial charge in [-0.15, -0.1) is 0 Å². The van der Waals surface area contributed by atoms with Gasteiger partial charge in [-0.2, -0.15) is 0 Å². The second-order valence-corrected chi connectivity index (χ2v) is 5.29. The quantitative estimate of drug-likeness (QED) is 0.768. The first kappa shape index (κ1) is 16.6. The lowest BCUT2D eigenvalue weighted by Crippen LogP contribution is -1.99. The van der Waals surface area contributed by atoms with Gasteiger partial charge in [-0.25, -0.2) is 9.97 Å². The van der Waals surface area contributed by atoms with E-state index in [2.05, 4.69) is 9.97 Å². The first-order valence-corrected chi connectivity index (χ1v) is 7.65. The molecule has 0 saturated heterocycles. The van der Waals surface area contributed by atoms with Gasteiger partial charge in [-0.1, -0.05) is 0 Å². The predicted molar refractivity (Wildman–Crippen MR) is 97.0 cm³/mol. The molecule has 0 aliphatic rings. The molecule has 0 spiro atoms. The van der Waals surface area contributed by atoms with Gasteiger partial charge in [0.05, 0.1) is 33.2 Å². The summed E-state index contributed by atoms with van der Waals surface area (Å²) in [5.74, 6) is 2.39. The largest absolute Gasteiger partial charge is 0.497 e. The van der Waals surface area contributed by atoms with E-state index in [0.717, 1.165) is 22.6 Å². The Morgan fingerprint density at radius 2 is 1.48 bits per heavy atom. The topological polar surface area (TPSA) is 79.5 Å². The summed E-state index contributed by atoms with van der Waals surface area (Å²) < 4.78 is 15.8. The molecule has 0 unspecified atom stereocenters. The smallest absolute Gasteiger partial charge is 0.161 e. The number of hydrogen-bond acceptors (Lipinski definition) is 6. The lowest BCUT2D eigenvalue weighted by atomic mass is 10.1. The average Bonchev–Trinajstić information content (AvgIpc) is 2.68. The van der Waals surface area contributed by atoms with Crippen molar-refractivity contribution in [1.82, 2.24) is 9.97 Å². The van der Waals surface area contributed by atoms with Gasteiger partial charge in [0.2, 0.25) is 0 Å². The highest BCUT2D eigenvalue weighted by molar-refractivity contribution is 5.74. The van der Waals surface area contributed by atoms with Gasteiger partial charge in [-0.3, -0.25) is 0 Å². The van der Waals surface area contributed by atoms with E-state index < -0.39 is 0 Å². The molecule has 0 radical (unpaired) electrons. The second kappa shape index (κ2) is 7.09. The van der Waals surface area contributed by atoms with Crippen molar-refractivity contribution in [2.24, 2.45) is 0 Å². The lowest BCUT2D eigenvalue weighted by Gasteiger charge is -2.11. The zero-order chi connectivity index (χ0) is 17.8.